The van der Waals surface area contributed by atoms with E-state index < -0.39 is 0 Å². The molecule has 0 aliphatic rings. The number of nitrogens with two attached hydrogens (primary N) is 1. The molecule has 7 heteroatoms. The SMILES string of the molecule is Cc1nnsc1-c1nc(N)n(C)n1. The van der Waals surface area contributed by atoms with Crippen molar-refractivity contribution < 1.29 is 0 Å². The van der Waals surface area contributed by atoms with Gasteiger partial charge in [0.25, 0.3) is 0 Å². The van der Waals surface area contributed by atoms with E-state index in [1.54, 1.807) is 7.05 Å². The molecule has 0 aromatic carbocycles. The van der Waals surface area contributed by atoms with Crippen LogP contribution in [-0.2, 0) is 7.05 Å². The van der Waals surface area contributed by atoms with Gasteiger partial charge in [-0.2, -0.15) is 4.98 Å². The fraction of sp³-hybridized carbons (Fsp3) is 0.333. The van der Waals surface area contributed by atoms with Crippen LogP contribution in [0.2, 0.25) is 0 Å². The zero-order valence-corrected chi connectivity index (χ0v) is 8.04. The molecule has 2 rings (SSSR count). The Morgan fingerprint density at radius 3 is 2.69 bits per heavy atom. The van der Waals surface area contributed by atoms with Gasteiger partial charge in [-0.1, -0.05) is 4.49 Å². The first-order valence-corrected chi connectivity index (χ1v) is 4.41. The average Bonchev–Trinajstić information content (AvgIpc) is 2.60. The topological polar surface area (TPSA) is 82.5 Å². The average molecular weight is 196 g/mol. The monoisotopic (exact) mass is 196 g/mol. The predicted octanol–water partition coefficient (Wildman–Crippen LogP) is 0.224. The van der Waals surface area contributed by atoms with E-state index in [0.717, 1.165) is 10.6 Å². The van der Waals surface area contributed by atoms with Crippen LogP contribution in [0.1, 0.15) is 5.69 Å². The van der Waals surface area contributed by atoms with E-state index in [1.165, 1.54) is 16.2 Å². The molecule has 0 aliphatic carbocycles. The molecule has 0 saturated heterocycles. The van der Waals surface area contributed by atoms with Crippen LogP contribution in [0.3, 0.4) is 0 Å². The standard InChI is InChI=1S/C6H8N6S/c1-3-4(13-11-9-3)5-8-6(7)12(2)10-5/h1-2H3,(H2,7,8,10). The lowest BCUT2D eigenvalue weighted by atomic mass is 10.4. The van der Waals surface area contributed by atoms with Gasteiger partial charge < -0.3 is 5.73 Å². The largest absolute Gasteiger partial charge is 0.368 e. The Morgan fingerprint density at radius 2 is 2.23 bits per heavy atom. The molecule has 0 saturated carbocycles. The highest BCUT2D eigenvalue weighted by atomic mass is 32.1. The summed E-state index contributed by atoms with van der Waals surface area (Å²) >= 11 is 1.27. The molecule has 2 heterocycles. The maximum Gasteiger partial charge on any atom is 0.218 e. The fourth-order valence-corrected chi connectivity index (χ4v) is 1.52. The molecule has 0 fully saturated rings. The summed E-state index contributed by atoms with van der Waals surface area (Å²) in [6.45, 7) is 1.87. The third-order valence-electron chi connectivity index (χ3n) is 1.65. The lowest BCUT2D eigenvalue weighted by molar-refractivity contribution is 0.781. The zero-order valence-electron chi connectivity index (χ0n) is 7.22. The molecule has 2 aromatic heterocycles. The number of rotatable bonds is 1. The van der Waals surface area contributed by atoms with Crippen LogP contribution in [0.4, 0.5) is 5.95 Å². The Kier molecular flexibility index (Phi) is 1.73. The maximum atomic E-state index is 5.55. The van der Waals surface area contributed by atoms with Crippen molar-refractivity contribution in [2.75, 3.05) is 5.73 Å². The summed E-state index contributed by atoms with van der Waals surface area (Å²) < 4.78 is 5.32. The summed E-state index contributed by atoms with van der Waals surface area (Å²) in [7, 11) is 1.75. The van der Waals surface area contributed by atoms with Gasteiger partial charge in [0.15, 0.2) is 5.82 Å². The first kappa shape index (κ1) is 8.11. The quantitative estimate of drug-likeness (QED) is 0.705. The van der Waals surface area contributed by atoms with E-state index in [4.69, 9.17) is 5.73 Å². The van der Waals surface area contributed by atoms with Crippen molar-refractivity contribution in [2.45, 2.75) is 6.92 Å². The molecule has 0 bridgehead atoms. The molecule has 0 aliphatic heterocycles. The highest BCUT2D eigenvalue weighted by Gasteiger charge is 2.12. The highest BCUT2D eigenvalue weighted by Crippen LogP contribution is 2.22. The minimum atomic E-state index is 0.391. The molecule has 0 spiro atoms. The molecule has 2 aromatic rings. The van der Waals surface area contributed by atoms with Gasteiger partial charge in [-0.05, 0) is 18.5 Å². The van der Waals surface area contributed by atoms with Crippen LogP contribution in [0.5, 0.6) is 0 Å². The summed E-state index contributed by atoms with van der Waals surface area (Å²) in [6, 6.07) is 0. The molecule has 2 N–H and O–H groups in total. The Balaban J connectivity index is 2.53. The number of aryl methyl sites for hydroxylation is 2. The number of aromatic nitrogens is 5. The van der Waals surface area contributed by atoms with Crippen LogP contribution < -0.4 is 5.73 Å². The van der Waals surface area contributed by atoms with E-state index in [0.29, 0.717) is 11.8 Å². The normalized spacial score (nSPS) is 10.6. The molecular formula is C6H8N6S. The smallest absolute Gasteiger partial charge is 0.218 e. The second kappa shape index (κ2) is 2.77. The van der Waals surface area contributed by atoms with Crippen molar-refractivity contribution in [2.24, 2.45) is 7.05 Å². The van der Waals surface area contributed by atoms with Crippen molar-refractivity contribution in [3.63, 3.8) is 0 Å². The van der Waals surface area contributed by atoms with Gasteiger partial charge in [0, 0.05) is 7.05 Å². The van der Waals surface area contributed by atoms with Gasteiger partial charge in [-0.25, -0.2) is 4.68 Å². The minimum Gasteiger partial charge on any atom is -0.368 e. The first-order chi connectivity index (χ1) is 6.18. The van der Waals surface area contributed by atoms with Gasteiger partial charge in [0.1, 0.15) is 4.88 Å². The lowest BCUT2D eigenvalue weighted by Gasteiger charge is -1.86. The van der Waals surface area contributed by atoms with Gasteiger partial charge in [-0.3, -0.25) is 0 Å². The molecule has 6 nitrogen and oxygen atoms in total. The molecule has 0 unspecified atom stereocenters. The van der Waals surface area contributed by atoms with Gasteiger partial charge in [-0.15, -0.1) is 10.2 Å². The van der Waals surface area contributed by atoms with Gasteiger partial charge in [0.05, 0.1) is 5.69 Å². The summed E-state index contributed by atoms with van der Waals surface area (Å²) in [6.07, 6.45) is 0. The van der Waals surface area contributed by atoms with E-state index in [2.05, 4.69) is 19.7 Å². The predicted molar refractivity (Wildman–Crippen MR) is 49.1 cm³/mol. The third-order valence-corrected chi connectivity index (χ3v) is 2.48. The summed E-state index contributed by atoms with van der Waals surface area (Å²) in [4.78, 5) is 4.94. The van der Waals surface area contributed by atoms with E-state index in [1.807, 2.05) is 6.92 Å². The van der Waals surface area contributed by atoms with Crippen molar-refractivity contribution in [1.82, 2.24) is 24.4 Å². The number of hydrogen-bond acceptors (Lipinski definition) is 6. The van der Waals surface area contributed by atoms with E-state index >= 15 is 0 Å². The Hall–Kier alpha value is -1.50. The number of nitrogens with zero attached hydrogens (tertiary/aromatic N) is 5. The summed E-state index contributed by atoms with van der Waals surface area (Å²) in [5.74, 6) is 0.982. The second-order valence-corrected chi connectivity index (χ2v) is 3.36. The van der Waals surface area contributed by atoms with E-state index in [-0.39, 0.29) is 0 Å². The van der Waals surface area contributed by atoms with E-state index in [9.17, 15) is 0 Å². The molecule has 13 heavy (non-hydrogen) atoms. The number of hydrogen-bond donors (Lipinski definition) is 1. The highest BCUT2D eigenvalue weighted by molar-refractivity contribution is 7.09. The zero-order chi connectivity index (χ0) is 9.42. The number of anilines is 1. The van der Waals surface area contributed by atoms with Crippen molar-refractivity contribution in [1.29, 1.82) is 0 Å². The first-order valence-electron chi connectivity index (χ1n) is 3.64. The van der Waals surface area contributed by atoms with Crippen LogP contribution in [0, 0.1) is 6.92 Å². The molecule has 0 amide bonds. The second-order valence-electron chi connectivity index (χ2n) is 2.60. The van der Waals surface area contributed by atoms with Crippen LogP contribution >= 0.6 is 11.5 Å². The van der Waals surface area contributed by atoms with Crippen molar-refractivity contribution in [3.8, 4) is 10.7 Å². The molecule has 68 valence electrons. The Morgan fingerprint density at radius 1 is 1.46 bits per heavy atom. The Labute approximate surface area is 78.6 Å². The summed E-state index contributed by atoms with van der Waals surface area (Å²) in [5.41, 5.74) is 6.38. The van der Waals surface area contributed by atoms with Gasteiger partial charge >= 0.3 is 0 Å². The van der Waals surface area contributed by atoms with Crippen molar-refractivity contribution >= 4 is 17.5 Å². The van der Waals surface area contributed by atoms with Crippen LogP contribution in [0.25, 0.3) is 10.7 Å². The van der Waals surface area contributed by atoms with Crippen LogP contribution in [0.15, 0.2) is 0 Å². The third kappa shape index (κ3) is 1.26. The lowest BCUT2D eigenvalue weighted by Crippen LogP contribution is -1.97. The van der Waals surface area contributed by atoms with Crippen molar-refractivity contribution in [3.05, 3.63) is 5.69 Å². The minimum absolute atomic E-state index is 0.391. The molecular weight excluding hydrogens is 188 g/mol. The van der Waals surface area contributed by atoms with Gasteiger partial charge in [0.2, 0.25) is 5.95 Å². The van der Waals surface area contributed by atoms with Crippen LogP contribution in [-0.4, -0.2) is 24.4 Å². The molecule has 0 atom stereocenters. The molecule has 0 radical (unpaired) electrons. The Bertz CT molecular complexity index is 411. The summed E-state index contributed by atoms with van der Waals surface area (Å²) in [5, 5.41) is 7.99. The number of nitrogen functional groups attached to an aromatic ring is 1. The fourth-order valence-electron chi connectivity index (χ4n) is 0.929. The maximum absolute atomic E-state index is 5.55.